The number of ketones is 2. The Balaban J connectivity index is 3.32. The van der Waals surface area contributed by atoms with Crippen LogP contribution in [0.2, 0.25) is 0 Å². The average Bonchev–Trinajstić information content (AvgIpc) is 2.16. The predicted octanol–water partition coefficient (Wildman–Crippen LogP) is 3.22. The summed E-state index contributed by atoms with van der Waals surface area (Å²) in [7, 11) is 0. The molecule has 1 aromatic rings. The molecule has 0 aromatic heterocycles. The second-order valence-electron chi connectivity index (χ2n) is 4.11. The van der Waals surface area contributed by atoms with Crippen molar-refractivity contribution in [3.63, 3.8) is 0 Å². The van der Waals surface area contributed by atoms with Gasteiger partial charge in [0.15, 0.2) is 11.6 Å². The van der Waals surface area contributed by atoms with Crippen LogP contribution in [-0.2, 0) is 0 Å². The zero-order valence-electron chi connectivity index (χ0n) is 9.63. The average molecular weight is 204 g/mol. The molecule has 0 unspecified atom stereocenters. The van der Waals surface area contributed by atoms with Crippen molar-refractivity contribution >= 4 is 11.6 Å². The highest BCUT2D eigenvalue weighted by Crippen LogP contribution is 2.19. The van der Waals surface area contributed by atoms with Crippen molar-refractivity contribution in [2.24, 2.45) is 0 Å². The van der Waals surface area contributed by atoms with Gasteiger partial charge in [-0.3, -0.25) is 9.59 Å². The van der Waals surface area contributed by atoms with E-state index in [4.69, 9.17) is 0 Å². The van der Waals surface area contributed by atoms with Gasteiger partial charge in [-0.15, -0.1) is 0 Å². The fourth-order valence-corrected chi connectivity index (χ4v) is 1.39. The molecule has 15 heavy (non-hydrogen) atoms. The normalized spacial score (nSPS) is 10.5. The molecule has 0 aliphatic carbocycles. The second kappa shape index (κ2) is 4.39. The van der Waals surface area contributed by atoms with Gasteiger partial charge in [0.1, 0.15) is 0 Å². The molecule has 0 heterocycles. The molecule has 0 saturated carbocycles. The lowest BCUT2D eigenvalue weighted by molar-refractivity contribution is 0.101. The van der Waals surface area contributed by atoms with Gasteiger partial charge in [-0.25, -0.2) is 0 Å². The van der Waals surface area contributed by atoms with Crippen molar-refractivity contribution in [2.45, 2.75) is 33.6 Å². The maximum atomic E-state index is 11.3. The number of hydrogen-bond acceptors (Lipinski definition) is 2. The van der Waals surface area contributed by atoms with E-state index in [0.717, 1.165) is 5.56 Å². The molecule has 0 N–H and O–H groups in total. The fraction of sp³-hybridized carbons (Fsp3) is 0.385. The molecule has 0 radical (unpaired) electrons. The number of hydrogen-bond donors (Lipinski definition) is 0. The first-order valence-electron chi connectivity index (χ1n) is 5.08. The summed E-state index contributed by atoms with van der Waals surface area (Å²) in [6, 6.07) is 5.38. The van der Waals surface area contributed by atoms with Crippen LogP contribution in [-0.4, -0.2) is 11.6 Å². The van der Waals surface area contributed by atoms with Crippen LogP contribution in [0.1, 0.15) is 59.9 Å². The van der Waals surface area contributed by atoms with Gasteiger partial charge in [0.25, 0.3) is 0 Å². The molecule has 0 spiro atoms. The van der Waals surface area contributed by atoms with E-state index in [2.05, 4.69) is 0 Å². The predicted molar refractivity (Wildman–Crippen MR) is 60.5 cm³/mol. The number of carbonyl (C=O) groups excluding carboxylic acids is 2. The van der Waals surface area contributed by atoms with Gasteiger partial charge in [-0.2, -0.15) is 0 Å². The summed E-state index contributed by atoms with van der Waals surface area (Å²) in [5.41, 5.74) is 2.27. The van der Waals surface area contributed by atoms with Gasteiger partial charge in [0, 0.05) is 11.1 Å². The van der Waals surface area contributed by atoms with Crippen LogP contribution in [0.25, 0.3) is 0 Å². The quantitative estimate of drug-likeness (QED) is 0.708. The van der Waals surface area contributed by atoms with E-state index in [-0.39, 0.29) is 11.6 Å². The molecular weight excluding hydrogens is 188 g/mol. The minimum absolute atomic E-state index is 0.000000000000000222. The molecule has 0 atom stereocenters. The first kappa shape index (κ1) is 11.6. The molecule has 1 aromatic carbocycles. The topological polar surface area (TPSA) is 34.1 Å². The van der Waals surface area contributed by atoms with Crippen LogP contribution < -0.4 is 0 Å². The summed E-state index contributed by atoms with van der Waals surface area (Å²) in [6.45, 7) is 7.12. The Labute approximate surface area is 90.3 Å². The first-order valence-corrected chi connectivity index (χ1v) is 5.08. The van der Waals surface area contributed by atoms with Crippen molar-refractivity contribution in [1.82, 2.24) is 0 Å². The zero-order chi connectivity index (χ0) is 11.6. The molecule has 0 aliphatic heterocycles. The number of rotatable bonds is 3. The molecular formula is C13H16O2. The van der Waals surface area contributed by atoms with Crippen molar-refractivity contribution in [2.75, 3.05) is 0 Å². The van der Waals surface area contributed by atoms with E-state index in [9.17, 15) is 9.59 Å². The summed E-state index contributed by atoms with van der Waals surface area (Å²) >= 11 is 0. The van der Waals surface area contributed by atoms with E-state index >= 15 is 0 Å². The summed E-state index contributed by atoms with van der Waals surface area (Å²) in [5.74, 6) is 0.322. The lowest BCUT2D eigenvalue weighted by Gasteiger charge is -2.09. The van der Waals surface area contributed by atoms with Crippen molar-refractivity contribution in [3.8, 4) is 0 Å². The molecule has 0 bridgehead atoms. The molecule has 0 amide bonds. The summed E-state index contributed by atoms with van der Waals surface area (Å²) < 4.78 is 0. The summed E-state index contributed by atoms with van der Waals surface area (Å²) in [4.78, 5) is 22.6. The lowest BCUT2D eigenvalue weighted by Crippen LogP contribution is -2.01. The number of benzene rings is 1. The molecule has 0 aliphatic rings. The molecule has 80 valence electrons. The SMILES string of the molecule is CC(=O)c1cc(C(C)=O)cc(C(C)C)c1. The third-order valence-corrected chi connectivity index (χ3v) is 2.44. The minimum Gasteiger partial charge on any atom is -0.295 e. The van der Waals surface area contributed by atoms with Crippen LogP contribution >= 0.6 is 0 Å². The van der Waals surface area contributed by atoms with Crippen LogP contribution in [0.4, 0.5) is 0 Å². The van der Waals surface area contributed by atoms with Crippen LogP contribution in [0.15, 0.2) is 18.2 Å². The fourth-order valence-electron chi connectivity index (χ4n) is 1.39. The second-order valence-corrected chi connectivity index (χ2v) is 4.11. The Morgan fingerprint density at radius 3 is 1.60 bits per heavy atom. The van der Waals surface area contributed by atoms with Crippen LogP contribution in [0.3, 0.4) is 0 Å². The van der Waals surface area contributed by atoms with Gasteiger partial charge < -0.3 is 0 Å². The van der Waals surface area contributed by atoms with Crippen molar-refractivity contribution in [1.29, 1.82) is 0 Å². The first-order chi connectivity index (χ1) is 6.91. The highest BCUT2D eigenvalue weighted by Gasteiger charge is 2.09. The van der Waals surface area contributed by atoms with Gasteiger partial charge in [-0.1, -0.05) is 13.8 Å². The maximum absolute atomic E-state index is 11.3. The lowest BCUT2D eigenvalue weighted by atomic mass is 9.95. The standard InChI is InChI=1S/C13H16O2/c1-8(2)11-5-12(9(3)14)7-13(6-11)10(4)15/h5-8H,1-4H3. The maximum Gasteiger partial charge on any atom is 0.159 e. The largest absolute Gasteiger partial charge is 0.295 e. The highest BCUT2D eigenvalue weighted by molar-refractivity contribution is 5.99. The molecule has 0 fully saturated rings. The minimum atomic E-state index is 0.000000000000000222. The van der Waals surface area contributed by atoms with E-state index < -0.39 is 0 Å². The number of carbonyl (C=O) groups is 2. The Hall–Kier alpha value is -1.44. The van der Waals surface area contributed by atoms with E-state index in [0.29, 0.717) is 17.0 Å². The molecule has 0 saturated heterocycles. The Morgan fingerprint density at radius 2 is 1.33 bits per heavy atom. The summed E-state index contributed by atoms with van der Waals surface area (Å²) in [5, 5.41) is 0. The van der Waals surface area contributed by atoms with Crippen LogP contribution in [0, 0.1) is 0 Å². The van der Waals surface area contributed by atoms with Gasteiger partial charge in [0.2, 0.25) is 0 Å². The summed E-state index contributed by atoms with van der Waals surface area (Å²) in [6.07, 6.45) is 0. The number of Topliss-reactive ketones (excluding diaryl/α,β-unsaturated/α-hetero) is 2. The smallest absolute Gasteiger partial charge is 0.159 e. The van der Waals surface area contributed by atoms with Gasteiger partial charge in [-0.05, 0) is 43.5 Å². The Kier molecular flexibility index (Phi) is 3.40. The van der Waals surface area contributed by atoms with Gasteiger partial charge >= 0.3 is 0 Å². The van der Waals surface area contributed by atoms with E-state index in [1.165, 1.54) is 13.8 Å². The van der Waals surface area contributed by atoms with E-state index in [1.54, 1.807) is 6.07 Å². The molecule has 1 rings (SSSR count). The third-order valence-electron chi connectivity index (χ3n) is 2.44. The van der Waals surface area contributed by atoms with E-state index in [1.807, 2.05) is 26.0 Å². The highest BCUT2D eigenvalue weighted by atomic mass is 16.1. The molecule has 2 heteroatoms. The van der Waals surface area contributed by atoms with Crippen molar-refractivity contribution < 1.29 is 9.59 Å². The van der Waals surface area contributed by atoms with Crippen molar-refractivity contribution in [3.05, 3.63) is 34.9 Å². The zero-order valence-corrected chi connectivity index (χ0v) is 9.63. The Morgan fingerprint density at radius 1 is 0.933 bits per heavy atom. The van der Waals surface area contributed by atoms with Crippen LogP contribution in [0.5, 0.6) is 0 Å². The molecule has 2 nitrogen and oxygen atoms in total. The third kappa shape index (κ3) is 2.75. The monoisotopic (exact) mass is 204 g/mol. The van der Waals surface area contributed by atoms with Gasteiger partial charge in [0.05, 0.1) is 0 Å². The Bertz CT molecular complexity index is 371.